The Hall–Kier alpha value is -1.22. The van der Waals surface area contributed by atoms with Crippen molar-refractivity contribution in [2.75, 3.05) is 18.4 Å². The molecule has 0 saturated carbocycles. The Morgan fingerprint density at radius 1 is 1.24 bits per heavy atom. The van der Waals surface area contributed by atoms with Crippen LogP contribution in [0.1, 0.15) is 20.3 Å². The molecule has 1 rings (SSSR count). The van der Waals surface area contributed by atoms with Gasteiger partial charge in [0.15, 0.2) is 0 Å². The van der Waals surface area contributed by atoms with Crippen molar-refractivity contribution in [1.29, 1.82) is 0 Å². The summed E-state index contributed by atoms with van der Waals surface area (Å²) in [5, 5.41) is 6.88. The Kier molecular flexibility index (Phi) is 5.84. The average Bonchev–Trinajstić information content (AvgIpc) is 2.30. The van der Waals surface area contributed by atoms with Crippen molar-refractivity contribution >= 4 is 23.2 Å². The molecule has 0 atom stereocenters. The lowest BCUT2D eigenvalue weighted by Crippen LogP contribution is -2.29. The molecule has 0 spiro atoms. The molecule has 0 aliphatic carbocycles. The van der Waals surface area contributed by atoms with E-state index < -0.39 is 0 Å². The number of hydrogen-bond donors (Lipinski definition) is 2. The molecule has 0 fully saturated rings. The number of anilines is 1. The second-order valence-corrected chi connectivity index (χ2v) is 4.67. The third kappa shape index (κ3) is 5.59. The van der Waals surface area contributed by atoms with E-state index in [9.17, 15) is 4.79 Å². The minimum atomic E-state index is 0.0548. The average molecular weight is 255 g/mol. The number of hydrogen-bond acceptors (Lipinski definition) is 2. The van der Waals surface area contributed by atoms with Gasteiger partial charge < -0.3 is 10.6 Å². The van der Waals surface area contributed by atoms with Crippen molar-refractivity contribution in [3.63, 3.8) is 0 Å². The standard InChI is InChI=1S/C13H19ClN2O/c1-10(2)13(17)16-9-3-8-15-12-6-4-11(14)5-7-12/h4-7,10,15H,3,8-9H2,1-2H3,(H,16,17). The third-order valence-electron chi connectivity index (χ3n) is 2.35. The van der Waals surface area contributed by atoms with Crippen LogP contribution in [0, 0.1) is 5.92 Å². The molecule has 0 aliphatic rings. The number of carbonyl (C=O) groups excluding carboxylic acids is 1. The molecule has 2 N–H and O–H groups in total. The lowest BCUT2D eigenvalue weighted by atomic mass is 10.2. The topological polar surface area (TPSA) is 41.1 Å². The van der Waals surface area contributed by atoms with Crippen LogP contribution in [-0.4, -0.2) is 19.0 Å². The highest BCUT2D eigenvalue weighted by Crippen LogP contribution is 2.12. The van der Waals surface area contributed by atoms with Gasteiger partial charge in [0.2, 0.25) is 5.91 Å². The summed E-state index contributed by atoms with van der Waals surface area (Å²) < 4.78 is 0. The van der Waals surface area contributed by atoms with Crippen LogP contribution in [0.25, 0.3) is 0 Å². The van der Waals surface area contributed by atoms with Gasteiger partial charge in [0, 0.05) is 29.7 Å². The molecule has 1 aromatic carbocycles. The summed E-state index contributed by atoms with van der Waals surface area (Å²) in [5.41, 5.74) is 1.05. The molecular formula is C13H19ClN2O. The lowest BCUT2D eigenvalue weighted by Gasteiger charge is -2.09. The van der Waals surface area contributed by atoms with Gasteiger partial charge in [-0.2, -0.15) is 0 Å². The Morgan fingerprint density at radius 2 is 1.88 bits per heavy atom. The molecule has 0 aliphatic heterocycles. The molecule has 1 aromatic rings. The lowest BCUT2D eigenvalue weighted by molar-refractivity contribution is -0.123. The van der Waals surface area contributed by atoms with Gasteiger partial charge in [-0.15, -0.1) is 0 Å². The summed E-state index contributed by atoms with van der Waals surface area (Å²) in [4.78, 5) is 11.3. The maximum atomic E-state index is 11.3. The zero-order valence-corrected chi connectivity index (χ0v) is 11.1. The van der Waals surface area contributed by atoms with Crippen LogP contribution in [0.5, 0.6) is 0 Å². The molecule has 3 nitrogen and oxygen atoms in total. The van der Waals surface area contributed by atoms with Crippen molar-refractivity contribution in [3.05, 3.63) is 29.3 Å². The van der Waals surface area contributed by atoms with Crippen molar-refractivity contribution < 1.29 is 4.79 Å². The van der Waals surface area contributed by atoms with E-state index in [1.165, 1.54) is 0 Å². The minimum absolute atomic E-state index is 0.0548. The van der Waals surface area contributed by atoms with E-state index >= 15 is 0 Å². The number of amides is 1. The van der Waals surface area contributed by atoms with Gasteiger partial charge in [0.1, 0.15) is 0 Å². The van der Waals surface area contributed by atoms with Gasteiger partial charge in [-0.1, -0.05) is 25.4 Å². The van der Waals surface area contributed by atoms with E-state index in [0.29, 0.717) is 6.54 Å². The molecular weight excluding hydrogens is 236 g/mol. The van der Waals surface area contributed by atoms with Gasteiger partial charge in [-0.05, 0) is 30.7 Å². The van der Waals surface area contributed by atoms with Crippen molar-refractivity contribution in [2.45, 2.75) is 20.3 Å². The molecule has 4 heteroatoms. The molecule has 0 aromatic heterocycles. The summed E-state index contributed by atoms with van der Waals surface area (Å²) in [7, 11) is 0. The van der Waals surface area contributed by atoms with Gasteiger partial charge >= 0.3 is 0 Å². The molecule has 0 radical (unpaired) electrons. The van der Waals surface area contributed by atoms with E-state index in [0.717, 1.165) is 23.7 Å². The molecule has 0 unspecified atom stereocenters. The largest absolute Gasteiger partial charge is 0.385 e. The summed E-state index contributed by atoms with van der Waals surface area (Å²) in [5.74, 6) is 0.163. The van der Waals surface area contributed by atoms with Crippen LogP contribution >= 0.6 is 11.6 Å². The Bertz CT molecular complexity index is 349. The number of halogens is 1. The summed E-state index contributed by atoms with van der Waals surface area (Å²) in [6, 6.07) is 7.58. The van der Waals surface area contributed by atoms with E-state index in [2.05, 4.69) is 10.6 Å². The second kappa shape index (κ2) is 7.17. The molecule has 0 bridgehead atoms. The van der Waals surface area contributed by atoms with Gasteiger partial charge in [0.05, 0.1) is 0 Å². The minimum Gasteiger partial charge on any atom is -0.385 e. The van der Waals surface area contributed by atoms with Gasteiger partial charge in [-0.25, -0.2) is 0 Å². The predicted molar refractivity (Wildman–Crippen MR) is 72.4 cm³/mol. The van der Waals surface area contributed by atoms with Crippen molar-refractivity contribution in [3.8, 4) is 0 Å². The van der Waals surface area contributed by atoms with Crippen LogP contribution in [0.2, 0.25) is 5.02 Å². The first kappa shape index (κ1) is 13.8. The van der Waals surface area contributed by atoms with Crippen LogP contribution in [0.3, 0.4) is 0 Å². The van der Waals surface area contributed by atoms with Crippen LogP contribution < -0.4 is 10.6 Å². The van der Waals surface area contributed by atoms with Crippen LogP contribution in [0.4, 0.5) is 5.69 Å². The fraction of sp³-hybridized carbons (Fsp3) is 0.462. The molecule has 17 heavy (non-hydrogen) atoms. The summed E-state index contributed by atoms with van der Waals surface area (Å²) in [6.45, 7) is 5.32. The summed E-state index contributed by atoms with van der Waals surface area (Å²) in [6.07, 6.45) is 0.904. The normalized spacial score (nSPS) is 10.4. The second-order valence-electron chi connectivity index (χ2n) is 4.23. The first-order valence-electron chi connectivity index (χ1n) is 5.86. The highest BCUT2D eigenvalue weighted by atomic mass is 35.5. The molecule has 94 valence electrons. The fourth-order valence-corrected chi connectivity index (χ4v) is 1.43. The smallest absolute Gasteiger partial charge is 0.222 e. The highest BCUT2D eigenvalue weighted by molar-refractivity contribution is 6.30. The highest BCUT2D eigenvalue weighted by Gasteiger charge is 2.04. The van der Waals surface area contributed by atoms with E-state index in [-0.39, 0.29) is 11.8 Å². The van der Waals surface area contributed by atoms with E-state index in [4.69, 9.17) is 11.6 Å². The zero-order chi connectivity index (χ0) is 12.7. The van der Waals surface area contributed by atoms with Crippen molar-refractivity contribution in [1.82, 2.24) is 5.32 Å². The monoisotopic (exact) mass is 254 g/mol. The maximum absolute atomic E-state index is 11.3. The first-order valence-corrected chi connectivity index (χ1v) is 6.24. The van der Waals surface area contributed by atoms with Crippen molar-refractivity contribution in [2.24, 2.45) is 5.92 Å². The zero-order valence-electron chi connectivity index (χ0n) is 10.3. The third-order valence-corrected chi connectivity index (χ3v) is 2.60. The predicted octanol–water partition coefficient (Wildman–Crippen LogP) is 2.91. The van der Waals surface area contributed by atoms with E-state index in [1.807, 2.05) is 38.1 Å². The Morgan fingerprint density at radius 3 is 2.47 bits per heavy atom. The number of benzene rings is 1. The Balaban J connectivity index is 2.12. The molecule has 1 amide bonds. The SMILES string of the molecule is CC(C)C(=O)NCCCNc1ccc(Cl)cc1. The summed E-state index contributed by atoms with van der Waals surface area (Å²) >= 11 is 5.78. The number of rotatable bonds is 6. The van der Waals surface area contributed by atoms with E-state index in [1.54, 1.807) is 0 Å². The Labute approximate surface area is 108 Å². The van der Waals surface area contributed by atoms with Gasteiger partial charge in [-0.3, -0.25) is 4.79 Å². The maximum Gasteiger partial charge on any atom is 0.222 e. The molecule has 0 heterocycles. The van der Waals surface area contributed by atoms with Crippen LogP contribution in [-0.2, 0) is 4.79 Å². The fourth-order valence-electron chi connectivity index (χ4n) is 1.30. The molecule has 0 saturated heterocycles. The number of carbonyl (C=O) groups is 1. The van der Waals surface area contributed by atoms with Gasteiger partial charge in [0.25, 0.3) is 0 Å². The number of nitrogens with one attached hydrogen (secondary N) is 2. The first-order chi connectivity index (χ1) is 8.09. The van der Waals surface area contributed by atoms with Crippen LogP contribution in [0.15, 0.2) is 24.3 Å². The quantitative estimate of drug-likeness (QED) is 0.767.